The van der Waals surface area contributed by atoms with Crippen LogP contribution in [-0.2, 0) is 6.42 Å². The quantitative estimate of drug-likeness (QED) is 0.679. The Morgan fingerprint density at radius 1 is 1.36 bits per heavy atom. The van der Waals surface area contributed by atoms with Gasteiger partial charge in [-0.25, -0.2) is 0 Å². The molecule has 0 aliphatic carbocycles. The predicted octanol–water partition coefficient (Wildman–Crippen LogP) is 2.29. The first-order valence-corrected chi connectivity index (χ1v) is 3.83. The maximum absolute atomic E-state index is 5.57. The summed E-state index contributed by atoms with van der Waals surface area (Å²) in [6, 6.07) is 3.65. The summed E-state index contributed by atoms with van der Waals surface area (Å²) in [5, 5.41) is 8.10. The van der Waals surface area contributed by atoms with Crippen LogP contribution in [0.3, 0.4) is 0 Å². The van der Waals surface area contributed by atoms with E-state index < -0.39 is 0 Å². The number of hydrogen-bond acceptors (Lipinski definition) is 2. The van der Waals surface area contributed by atoms with Crippen molar-refractivity contribution >= 4 is 11.6 Å². The molecule has 0 aromatic carbocycles. The summed E-state index contributed by atoms with van der Waals surface area (Å²) < 4.78 is 0. The molecule has 1 aromatic heterocycles. The molecule has 1 aromatic rings. The van der Waals surface area contributed by atoms with E-state index in [9.17, 15) is 0 Å². The highest BCUT2D eigenvalue weighted by Gasteiger charge is 1.99. The highest BCUT2D eigenvalue weighted by molar-refractivity contribution is 6.29. The molecule has 0 bridgehead atoms. The van der Waals surface area contributed by atoms with E-state index in [4.69, 9.17) is 11.6 Å². The molecule has 0 atom stereocenters. The minimum absolute atomic E-state index is 0.447. The van der Waals surface area contributed by atoms with Crippen LogP contribution < -0.4 is 0 Å². The largest absolute Gasteiger partial charge is 0.154 e. The van der Waals surface area contributed by atoms with Gasteiger partial charge in [-0.2, -0.15) is 5.10 Å². The van der Waals surface area contributed by atoms with Crippen LogP contribution in [0.5, 0.6) is 0 Å². The molecule has 0 aliphatic rings. The highest BCUT2D eigenvalue weighted by atomic mass is 35.5. The van der Waals surface area contributed by atoms with Crippen molar-refractivity contribution in [3.63, 3.8) is 0 Å². The number of hydrogen-bond donors (Lipinski definition) is 0. The molecule has 59 valence electrons. The van der Waals surface area contributed by atoms with E-state index in [0.717, 1.165) is 12.1 Å². The fourth-order valence-electron chi connectivity index (χ4n) is 0.800. The molecule has 1 rings (SSSR count). The first kappa shape index (κ1) is 8.47. The van der Waals surface area contributed by atoms with Gasteiger partial charge in [0.05, 0.1) is 5.69 Å². The van der Waals surface area contributed by atoms with Gasteiger partial charge in [-0.1, -0.05) is 25.4 Å². The van der Waals surface area contributed by atoms with Gasteiger partial charge in [0.1, 0.15) is 0 Å². The van der Waals surface area contributed by atoms with Gasteiger partial charge >= 0.3 is 0 Å². The molecule has 0 amide bonds. The molecule has 0 spiro atoms. The Morgan fingerprint density at radius 2 is 2.09 bits per heavy atom. The van der Waals surface area contributed by atoms with Gasteiger partial charge in [0.2, 0.25) is 0 Å². The average molecular weight is 170 g/mol. The third kappa shape index (κ3) is 2.85. The number of aromatic nitrogens is 2. The molecular weight excluding hydrogens is 160 g/mol. The third-order valence-corrected chi connectivity index (χ3v) is 1.42. The lowest BCUT2D eigenvalue weighted by Gasteiger charge is -2.00. The Morgan fingerprint density at radius 3 is 2.55 bits per heavy atom. The van der Waals surface area contributed by atoms with Crippen molar-refractivity contribution in [3.05, 3.63) is 28.9 Å². The van der Waals surface area contributed by atoms with Crippen LogP contribution in [0.25, 0.3) is 0 Å². The minimum Gasteiger partial charge on any atom is -0.154 e. The van der Waals surface area contributed by atoms with Crippen LogP contribution >= 0.6 is 11.6 Å². The molecule has 0 aliphatic heterocycles. The first-order valence-electron chi connectivity index (χ1n) is 3.45. The van der Waals surface area contributed by atoms with Crippen LogP contribution in [-0.4, -0.2) is 10.2 Å². The van der Waals surface area contributed by atoms with Gasteiger partial charge in [-0.15, -0.1) is 5.10 Å². The Balaban J connectivity index is 2.66. The van der Waals surface area contributed by atoms with Crippen LogP contribution in [0.15, 0.2) is 12.1 Å². The van der Waals surface area contributed by atoms with Gasteiger partial charge in [-0.05, 0) is 24.5 Å². The second-order valence-corrected chi connectivity index (χ2v) is 3.12. The van der Waals surface area contributed by atoms with Crippen molar-refractivity contribution in [3.8, 4) is 0 Å². The van der Waals surface area contributed by atoms with E-state index in [0.29, 0.717) is 5.15 Å². The van der Waals surface area contributed by atoms with Crippen LogP contribution in [0.1, 0.15) is 19.5 Å². The van der Waals surface area contributed by atoms with Crippen molar-refractivity contribution in [2.24, 2.45) is 0 Å². The lowest BCUT2D eigenvalue weighted by Crippen LogP contribution is -1.96. The lowest BCUT2D eigenvalue weighted by molar-refractivity contribution is 0.864. The molecule has 0 unspecified atom stereocenters. The molecular formula is C8H10ClN2. The van der Waals surface area contributed by atoms with Gasteiger partial charge in [0.25, 0.3) is 0 Å². The normalized spacial score (nSPS) is 10.5. The van der Waals surface area contributed by atoms with Crippen molar-refractivity contribution < 1.29 is 0 Å². The summed E-state index contributed by atoms with van der Waals surface area (Å²) in [5.74, 6) is 1.32. The van der Waals surface area contributed by atoms with Crippen molar-refractivity contribution in [2.75, 3.05) is 0 Å². The molecule has 0 N–H and O–H groups in total. The number of nitrogens with zero attached hydrogens (tertiary/aromatic N) is 2. The molecule has 0 saturated carbocycles. The molecule has 2 nitrogen and oxygen atoms in total. The van der Waals surface area contributed by atoms with E-state index in [-0.39, 0.29) is 0 Å². The highest BCUT2D eigenvalue weighted by Crippen LogP contribution is 2.07. The zero-order valence-electron chi connectivity index (χ0n) is 6.63. The van der Waals surface area contributed by atoms with Crippen molar-refractivity contribution in [1.82, 2.24) is 10.2 Å². The standard InChI is InChI=1S/C8H10ClN2/c1-6(2)5-7-3-4-8(9)11-10-7/h3-4H,5H2,1-2H3. The van der Waals surface area contributed by atoms with Crippen LogP contribution in [0, 0.1) is 5.92 Å². The maximum atomic E-state index is 5.57. The van der Waals surface area contributed by atoms with E-state index in [1.165, 1.54) is 5.92 Å². The second-order valence-electron chi connectivity index (χ2n) is 2.73. The van der Waals surface area contributed by atoms with Crippen molar-refractivity contribution in [1.29, 1.82) is 0 Å². The molecule has 1 heterocycles. The van der Waals surface area contributed by atoms with Gasteiger partial charge in [0, 0.05) is 0 Å². The molecule has 1 radical (unpaired) electrons. The SMILES string of the molecule is C[C](C)Cc1ccc(Cl)nn1. The van der Waals surface area contributed by atoms with Gasteiger partial charge in [-0.3, -0.25) is 0 Å². The molecule has 0 saturated heterocycles. The Kier molecular flexibility index (Phi) is 2.83. The monoisotopic (exact) mass is 169 g/mol. The summed E-state index contributed by atoms with van der Waals surface area (Å²) in [5.41, 5.74) is 0.967. The van der Waals surface area contributed by atoms with Crippen LogP contribution in [0.2, 0.25) is 5.15 Å². The molecule has 3 heteroatoms. The zero-order valence-corrected chi connectivity index (χ0v) is 7.39. The van der Waals surface area contributed by atoms with Gasteiger partial charge in [0.15, 0.2) is 5.15 Å². The van der Waals surface area contributed by atoms with Crippen LogP contribution in [0.4, 0.5) is 0 Å². The fraction of sp³-hybridized carbons (Fsp3) is 0.375. The number of halogens is 1. The molecule has 11 heavy (non-hydrogen) atoms. The molecule has 0 fully saturated rings. The summed E-state index contributed by atoms with van der Waals surface area (Å²) in [7, 11) is 0. The Labute approximate surface area is 71.6 Å². The van der Waals surface area contributed by atoms with E-state index in [2.05, 4.69) is 24.0 Å². The smallest absolute Gasteiger partial charge is 0.151 e. The topological polar surface area (TPSA) is 25.8 Å². The van der Waals surface area contributed by atoms with E-state index in [1.807, 2.05) is 6.07 Å². The summed E-state index contributed by atoms with van der Waals surface area (Å²) in [6.07, 6.45) is 0.879. The first-order chi connectivity index (χ1) is 5.18. The Hall–Kier alpha value is -0.630. The van der Waals surface area contributed by atoms with Crippen molar-refractivity contribution in [2.45, 2.75) is 20.3 Å². The van der Waals surface area contributed by atoms with E-state index in [1.54, 1.807) is 6.07 Å². The average Bonchev–Trinajstić information content (AvgIpc) is 1.93. The zero-order chi connectivity index (χ0) is 8.27. The summed E-state index contributed by atoms with van der Waals surface area (Å²) in [4.78, 5) is 0. The Bertz CT molecular complexity index is 218. The van der Waals surface area contributed by atoms with E-state index >= 15 is 0 Å². The summed E-state index contributed by atoms with van der Waals surface area (Å²) >= 11 is 5.57. The van der Waals surface area contributed by atoms with Gasteiger partial charge < -0.3 is 0 Å². The minimum atomic E-state index is 0.447. The second kappa shape index (κ2) is 3.67. The maximum Gasteiger partial charge on any atom is 0.151 e. The lowest BCUT2D eigenvalue weighted by atomic mass is 10.1. The third-order valence-electron chi connectivity index (χ3n) is 1.22. The summed E-state index contributed by atoms with van der Waals surface area (Å²) in [6.45, 7) is 4.13. The predicted molar refractivity (Wildman–Crippen MR) is 45.3 cm³/mol. The number of rotatable bonds is 2. The fourth-order valence-corrected chi connectivity index (χ4v) is 0.901.